The summed E-state index contributed by atoms with van der Waals surface area (Å²) in [7, 11) is 0. The Kier molecular flexibility index (Phi) is 3.07. The minimum atomic E-state index is -0.256. The van der Waals surface area contributed by atoms with Crippen LogP contribution in [0.25, 0.3) is 0 Å². The van der Waals surface area contributed by atoms with Crippen LogP contribution in [-0.4, -0.2) is 22.2 Å². The van der Waals surface area contributed by atoms with Crippen molar-refractivity contribution < 1.29 is 9.59 Å². The SMILES string of the molecule is CC(=O)Nc1cnc(Br)c(C=O)n1. The highest BCUT2D eigenvalue weighted by atomic mass is 79.9. The van der Waals surface area contributed by atoms with E-state index in [0.29, 0.717) is 10.9 Å². The maximum atomic E-state index is 10.6. The Morgan fingerprint density at radius 1 is 1.69 bits per heavy atom. The highest BCUT2D eigenvalue weighted by Gasteiger charge is 2.04. The molecular weight excluding hydrogens is 238 g/mol. The van der Waals surface area contributed by atoms with Crippen LogP contribution < -0.4 is 5.32 Å². The molecule has 5 nitrogen and oxygen atoms in total. The summed E-state index contributed by atoms with van der Waals surface area (Å²) < 4.78 is 0.358. The second-order valence-corrected chi connectivity index (χ2v) is 2.98. The fraction of sp³-hybridized carbons (Fsp3) is 0.143. The summed E-state index contributed by atoms with van der Waals surface area (Å²) in [5, 5.41) is 2.41. The number of hydrogen-bond donors (Lipinski definition) is 1. The molecule has 1 heterocycles. The lowest BCUT2D eigenvalue weighted by atomic mass is 10.5. The van der Waals surface area contributed by atoms with Gasteiger partial charge in [0.25, 0.3) is 0 Å². The molecule has 0 aliphatic rings. The van der Waals surface area contributed by atoms with Crippen molar-refractivity contribution in [1.82, 2.24) is 9.97 Å². The van der Waals surface area contributed by atoms with Gasteiger partial charge in [0.1, 0.15) is 10.3 Å². The number of carbonyl (C=O) groups excluding carboxylic acids is 2. The average Bonchev–Trinajstić information content (AvgIpc) is 2.07. The van der Waals surface area contributed by atoms with Crippen LogP contribution in [0.15, 0.2) is 10.8 Å². The zero-order valence-corrected chi connectivity index (χ0v) is 8.33. The Balaban J connectivity index is 2.99. The van der Waals surface area contributed by atoms with Gasteiger partial charge in [-0.2, -0.15) is 0 Å². The van der Waals surface area contributed by atoms with Crippen molar-refractivity contribution in [1.29, 1.82) is 0 Å². The molecular formula is C7H6BrN3O2. The van der Waals surface area contributed by atoms with Gasteiger partial charge in [0.05, 0.1) is 6.20 Å². The summed E-state index contributed by atoms with van der Waals surface area (Å²) in [4.78, 5) is 28.7. The van der Waals surface area contributed by atoms with Gasteiger partial charge >= 0.3 is 0 Å². The number of rotatable bonds is 2. The number of anilines is 1. The lowest BCUT2D eigenvalue weighted by Crippen LogP contribution is -2.09. The quantitative estimate of drug-likeness (QED) is 0.788. The van der Waals surface area contributed by atoms with Gasteiger partial charge in [-0.25, -0.2) is 9.97 Å². The summed E-state index contributed by atoms with van der Waals surface area (Å²) in [5.41, 5.74) is 0.159. The number of nitrogens with one attached hydrogen (secondary N) is 1. The van der Waals surface area contributed by atoms with Crippen LogP contribution in [0.5, 0.6) is 0 Å². The summed E-state index contributed by atoms with van der Waals surface area (Å²) in [6, 6.07) is 0. The molecule has 1 N–H and O–H groups in total. The van der Waals surface area contributed by atoms with E-state index in [1.165, 1.54) is 13.1 Å². The standard InChI is InChI=1S/C7H6BrN3O2/c1-4(13)10-6-2-9-7(8)5(3-12)11-6/h2-3H,1H3,(H,10,11,13). The Morgan fingerprint density at radius 2 is 2.38 bits per heavy atom. The zero-order valence-electron chi connectivity index (χ0n) is 6.74. The molecule has 13 heavy (non-hydrogen) atoms. The second-order valence-electron chi connectivity index (χ2n) is 2.23. The van der Waals surface area contributed by atoms with Crippen LogP contribution in [-0.2, 0) is 4.79 Å². The predicted octanol–water partition coefficient (Wildman–Crippen LogP) is 1.01. The van der Waals surface area contributed by atoms with E-state index in [1.807, 2.05) is 0 Å². The number of aldehydes is 1. The van der Waals surface area contributed by atoms with Crippen LogP contribution in [0.4, 0.5) is 5.82 Å². The highest BCUT2D eigenvalue weighted by molar-refractivity contribution is 9.10. The third-order valence-corrected chi connectivity index (χ3v) is 1.78. The van der Waals surface area contributed by atoms with Gasteiger partial charge in [0.15, 0.2) is 12.1 Å². The largest absolute Gasteiger partial charge is 0.310 e. The summed E-state index contributed by atoms with van der Waals surface area (Å²) >= 11 is 3.04. The molecule has 0 saturated carbocycles. The van der Waals surface area contributed by atoms with Crippen LogP contribution >= 0.6 is 15.9 Å². The molecule has 6 heteroatoms. The van der Waals surface area contributed by atoms with Crippen molar-refractivity contribution in [2.45, 2.75) is 6.92 Å². The molecule has 0 aromatic carbocycles. The van der Waals surface area contributed by atoms with Crippen molar-refractivity contribution in [2.24, 2.45) is 0 Å². The van der Waals surface area contributed by atoms with E-state index in [9.17, 15) is 9.59 Å². The summed E-state index contributed by atoms with van der Waals surface area (Å²) in [6.07, 6.45) is 1.92. The first-order valence-corrected chi connectivity index (χ1v) is 4.18. The topological polar surface area (TPSA) is 72.0 Å². The molecule has 1 aromatic rings. The summed E-state index contributed by atoms with van der Waals surface area (Å²) in [6.45, 7) is 1.35. The van der Waals surface area contributed by atoms with Crippen molar-refractivity contribution in [2.75, 3.05) is 5.32 Å². The fourth-order valence-electron chi connectivity index (χ4n) is 0.704. The third-order valence-electron chi connectivity index (χ3n) is 1.17. The van der Waals surface area contributed by atoms with Gasteiger partial charge in [-0.15, -0.1) is 0 Å². The van der Waals surface area contributed by atoms with Gasteiger partial charge < -0.3 is 5.32 Å². The number of nitrogens with zero attached hydrogens (tertiary/aromatic N) is 2. The number of halogens is 1. The van der Waals surface area contributed by atoms with E-state index in [2.05, 4.69) is 31.2 Å². The zero-order chi connectivity index (χ0) is 9.84. The fourth-order valence-corrected chi connectivity index (χ4v) is 0.989. The predicted molar refractivity (Wildman–Crippen MR) is 49.4 cm³/mol. The maximum Gasteiger partial charge on any atom is 0.222 e. The smallest absolute Gasteiger partial charge is 0.222 e. The first kappa shape index (κ1) is 9.79. The van der Waals surface area contributed by atoms with Crippen molar-refractivity contribution in [3.05, 3.63) is 16.5 Å². The van der Waals surface area contributed by atoms with Crippen molar-refractivity contribution >= 4 is 33.9 Å². The van der Waals surface area contributed by atoms with Crippen LogP contribution in [0.2, 0.25) is 0 Å². The van der Waals surface area contributed by atoms with E-state index in [0.717, 1.165) is 0 Å². The monoisotopic (exact) mass is 243 g/mol. The lowest BCUT2D eigenvalue weighted by molar-refractivity contribution is -0.114. The number of carbonyl (C=O) groups is 2. The lowest BCUT2D eigenvalue weighted by Gasteiger charge is -2.01. The molecule has 1 amide bonds. The van der Waals surface area contributed by atoms with Gasteiger partial charge in [-0.1, -0.05) is 0 Å². The minimum absolute atomic E-state index is 0.159. The highest BCUT2D eigenvalue weighted by Crippen LogP contribution is 2.11. The van der Waals surface area contributed by atoms with Crippen molar-refractivity contribution in [3.8, 4) is 0 Å². The Bertz CT molecular complexity index is 354. The summed E-state index contributed by atoms with van der Waals surface area (Å²) in [5.74, 6) is 0.00581. The molecule has 1 aromatic heterocycles. The normalized spacial score (nSPS) is 9.38. The van der Waals surface area contributed by atoms with Gasteiger partial charge in [0, 0.05) is 6.92 Å². The maximum absolute atomic E-state index is 10.6. The third kappa shape index (κ3) is 2.59. The molecule has 0 atom stereocenters. The van der Waals surface area contributed by atoms with E-state index in [1.54, 1.807) is 0 Å². The van der Waals surface area contributed by atoms with Gasteiger partial charge in [0.2, 0.25) is 5.91 Å². The second kappa shape index (κ2) is 4.08. The first-order valence-electron chi connectivity index (χ1n) is 3.39. The van der Waals surface area contributed by atoms with E-state index >= 15 is 0 Å². The number of hydrogen-bond acceptors (Lipinski definition) is 4. The Morgan fingerprint density at radius 3 is 2.92 bits per heavy atom. The average molecular weight is 244 g/mol. The van der Waals surface area contributed by atoms with Crippen LogP contribution in [0.1, 0.15) is 17.4 Å². The molecule has 0 aliphatic heterocycles. The molecule has 68 valence electrons. The van der Waals surface area contributed by atoms with Crippen LogP contribution in [0, 0.1) is 0 Å². The molecule has 0 bridgehead atoms. The number of amides is 1. The van der Waals surface area contributed by atoms with E-state index in [4.69, 9.17) is 0 Å². The minimum Gasteiger partial charge on any atom is -0.310 e. The molecule has 0 fully saturated rings. The molecule has 0 aliphatic carbocycles. The Labute approximate surface area is 82.7 Å². The van der Waals surface area contributed by atoms with Gasteiger partial charge in [-0.3, -0.25) is 9.59 Å². The molecule has 0 unspecified atom stereocenters. The first-order chi connectivity index (χ1) is 6.13. The van der Waals surface area contributed by atoms with E-state index in [-0.39, 0.29) is 17.4 Å². The van der Waals surface area contributed by atoms with E-state index < -0.39 is 0 Å². The molecule has 0 spiro atoms. The number of aromatic nitrogens is 2. The molecule has 0 saturated heterocycles. The van der Waals surface area contributed by atoms with Gasteiger partial charge in [-0.05, 0) is 15.9 Å². The Hall–Kier alpha value is -1.30. The van der Waals surface area contributed by atoms with Crippen molar-refractivity contribution in [3.63, 3.8) is 0 Å². The van der Waals surface area contributed by atoms with Crippen LogP contribution in [0.3, 0.4) is 0 Å². The molecule has 0 radical (unpaired) electrons. The molecule has 1 rings (SSSR count).